The Balaban J connectivity index is 1.63. The van der Waals surface area contributed by atoms with Crippen LogP contribution in [-0.2, 0) is 15.9 Å². The van der Waals surface area contributed by atoms with Crippen LogP contribution in [0.25, 0.3) is 0 Å². The van der Waals surface area contributed by atoms with E-state index in [-0.39, 0.29) is 6.10 Å². The van der Waals surface area contributed by atoms with Gasteiger partial charge in [-0.05, 0) is 58.7 Å². The smallest absolute Gasteiger partial charge is 0.123 e. The fraction of sp³-hybridized carbons (Fsp3) is 0.150. The van der Waals surface area contributed by atoms with Crippen molar-refractivity contribution in [2.75, 3.05) is 0 Å². The second-order valence-corrected chi connectivity index (χ2v) is 11.2. The van der Waals surface area contributed by atoms with Gasteiger partial charge in [0.1, 0.15) is 17.2 Å². The topological polar surface area (TPSA) is 12.5 Å². The molecule has 0 fully saturated rings. The van der Waals surface area contributed by atoms with Crippen molar-refractivity contribution < 1.29 is 4.84 Å². The second kappa shape index (κ2) is 11.1. The van der Waals surface area contributed by atoms with Crippen molar-refractivity contribution in [1.82, 2.24) is 5.06 Å². The summed E-state index contributed by atoms with van der Waals surface area (Å²) in [6, 6.07) is 54.3. The molecule has 0 spiro atoms. The molecule has 5 aromatic carbocycles. The van der Waals surface area contributed by atoms with E-state index in [0.29, 0.717) is 0 Å². The van der Waals surface area contributed by atoms with Crippen molar-refractivity contribution in [1.29, 1.82) is 0 Å². The predicted molar refractivity (Wildman–Crippen MR) is 171 cm³/mol. The van der Waals surface area contributed by atoms with Gasteiger partial charge in [-0.2, -0.15) is 5.06 Å². The fourth-order valence-electron chi connectivity index (χ4n) is 7.14. The number of hydrogen-bond donors (Lipinski definition) is 0. The van der Waals surface area contributed by atoms with Gasteiger partial charge in [0.05, 0.1) is 0 Å². The third kappa shape index (κ3) is 4.02. The van der Waals surface area contributed by atoms with E-state index in [0.717, 1.165) is 18.4 Å². The first-order valence-corrected chi connectivity index (χ1v) is 14.9. The van der Waals surface area contributed by atoms with Gasteiger partial charge in [0.15, 0.2) is 0 Å². The molecule has 1 atom stereocenters. The Bertz CT molecular complexity index is 1610. The van der Waals surface area contributed by atoms with Crippen LogP contribution in [0.15, 0.2) is 175 Å². The van der Waals surface area contributed by atoms with Crippen LogP contribution >= 0.6 is 0 Å². The monoisotopic (exact) mass is 545 g/mol. The summed E-state index contributed by atoms with van der Waals surface area (Å²) in [7, 11) is 0. The van der Waals surface area contributed by atoms with E-state index in [1.54, 1.807) is 0 Å². The lowest BCUT2D eigenvalue weighted by molar-refractivity contribution is -0.267. The highest BCUT2D eigenvalue weighted by Crippen LogP contribution is 2.63. The molecule has 1 aliphatic carbocycles. The van der Waals surface area contributed by atoms with Gasteiger partial charge >= 0.3 is 0 Å². The van der Waals surface area contributed by atoms with Crippen LogP contribution in [0.4, 0.5) is 0 Å². The lowest BCUT2D eigenvalue weighted by Gasteiger charge is -2.49. The SMILES string of the molecule is CC(ON1C(c2ccccc2)(c2ccccc2)C2=C(CCC=C2)C1(c1ccccc1)c1ccccc1)c1ccccc1. The van der Waals surface area contributed by atoms with Crippen molar-refractivity contribution in [3.8, 4) is 0 Å². The summed E-state index contributed by atoms with van der Waals surface area (Å²) in [6.45, 7) is 2.17. The summed E-state index contributed by atoms with van der Waals surface area (Å²) >= 11 is 0. The molecular weight excluding hydrogens is 510 g/mol. The molecule has 2 heteroatoms. The summed E-state index contributed by atoms with van der Waals surface area (Å²) in [5.74, 6) is 0. The van der Waals surface area contributed by atoms with E-state index < -0.39 is 11.1 Å². The molecule has 5 aromatic rings. The van der Waals surface area contributed by atoms with E-state index in [1.165, 1.54) is 33.4 Å². The molecule has 1 heterocycles. The van der Waals surface area contributed by atoms with E-state index in [2.05, 4.69) is 176 Å². The molecule has 2 nitrogen and oxygen atoms in total. The van der Waals surface area contributed by atoms with E-state index in [4.69, 9.17) is 4.84 Å². The second-order valence-electron chi connectivity index (χ2n) is 11.2. The van der Waals surface area contributed by atoms with Gasteiger partial charge in [-0.25, -0.2) is 0 Å². The van der Waals surface area contributed by atoms with Gasteiger partial charge in [0.25, 0.3) is 0 Å². The first kappa shape index (κ1) is 26.4. The highest BCUT2D eigenvalue weighted by atomic mass is 16.7. The summed E-state index contributed by atoms with van der Waals surface area (Å²) < 4.78 is 0. The van der Waals surface area contributed by atoms with Crippen molar-refractivity contribution >= 4 is 0 Å². The van der Waals surface area contributed by atoms with Crippen LogP contribution in [0.3, 0.4) is 0 Å². The normalized spacial score (nSPS) is 18.0. The Hall–Kier alpha value is -4.50. The zero-order valence-corrected chi connectivity index (χ0v) is 23.9. The maximum atomic E-state index is 7.50. The van der Waals surface area contributed by atoms with Crippen LogP contribution in [-0.4, -0.2) is 5.06 Å². The molecule has 0 aromatic heterocycles. The minimum atomic E-state index is -0.705. The molecule has 0 saturated carbocycles. The molecule has 0 saturated heterocycles. The van der Waals surface area contributed by atoms with E-state index in [1.807, 2.05) is 0 Å². The minimum absolute atomic E-state index is 0.199. The summed E-state index contributed by atoms with van der Waals surface area (Å²) in [5, 5.41) is 2.37. The Morgan fingerprint density at radius 3 is 1.40 bits per heavy atom. The largest absolute Gasteiger partial charge is 0.288 e. The van der Waals surface area contributed by atoms with Crippen molar-refractivity contribution in [2.24, 2.45) is 0 Å². The van der Waals surface area contributed by atoms with E-state index >= 15 is 0 Å². The summed E-state index contributed by atoms with van der Waals surface area (Å²) in [5.41, 5.74) is 7.22. The number of hydrogen-bond acceptors (Lipinski definition) is 2. The number of rotatable bonds is 7. The third-order valence-electron chi connectivity index (χ3n) is 8.91. The fourth-order valence-corrected chi connectivity index (χ4v) is 7.14. The average molecular weight is 546 g/mol. The number of hydroxylamine groups is 2. The van der Waals surface area contributed by atoms with Crippen LogP contribution in [0.2, 0.25) is 0 Å². The third-order valence-corrected chi connectivity index (χ3v) is 8.91. The zero-order chi connectivity index (χ0) is 28.4. The highest BCUT2D eigenvalue weighted by molar-refractivity contribution is 5.65. The van der Waals surface area contributed by atoms with Crippen molar-refractivity contribution in [2.45, 2.75) is 36.9 Å². The van der Waals surface area contributed by atoms with Crippen LogP contribution in [0.1, 0.15) is 53.7 Å². The Morgan fingerprint density at radius 2 is 0.952 bits per heavy atom. The Morgan fingerprint density at radius 1 is 0.548 bits per heavy atom. The van der Waals surface area contributed by atoms with Crippen LogP contribution in [0, 0.1) is 0 Å². The van der Waals surface area contributed by atoms with Crippen LogP contribution < -0.4 is 0 Å². The lowest BCUT2D eigenvalue weighted by atomic mass is 9.73. The molecule has 206 valence electrons. The van der Waals surface area contributed by atoms with Gasteiger partial charge in [0.2, 0.25) is 0 Å². The Labute approximate surface area is 249 Å². The molecule has 0 N–H and O–H groups in total. The van der Waals surface area contributed by atoms with Gasteiger partial charge < -0.3 is 0 Å². The number of allylic oxidation sites excluding steroid dienone is 1. The lowest BCUT2D eigenvalue weighted by Crippen LogP contribution is -2.54. The first-order chi connectivity index (χ1) is 20.8. The number of nitrogens with zero attached hydrogens (tertiary/aromatic N) is 1. The summed E-state index contributed by atoms with van der Waals surface area (Å²) in [4.78, 5) is 7.50. The van der Waals surface area contributed by atoms with Crippen molar-refractivity contribution in [3.63, 3.8) is 0 Å². The molecule has 42 heavy (non-hydrogen) atoms. The quantitative estimate of drug-likeness (QED) is 0.202. The minimum Gasteiger partial charge on any atom is -0.288 e. The molecule has 0 bridgehead atoms. The van der Waals surface area contributed by atoms with E-state index in [9.17, 15) is 0 Å². The molecule has 7 rings (SSSR count). The van der Waals surface area contributed by atoms with Crippen LogP contribution in [0.5, 0.6) is 0 Å². The maximum absolute atomic E-state index is 7.50. The predicted octanol–water partition coefficient (Wildman–Crippen LogP) is 9.53. The molecule has 1 unspecified atom stereocenters. The first-order valence-electron chi connectivity index (χ1n) is 14.9. The molecule has 0 radical (unpaired) electrons. The van der Waals surface area contributed by atoms with Crippen molar-refractivity contribution in [3.05, 3.63) is 203 Å². The molecule has 0 amide bonds. The van der Waals surface area contributed by atoms with Gasteiger partial charge in [-0.15, -0.1) is 0 Å². The van der Waals surface area contributed by atoms with Gasteiger partial charge in [0, 0.05) is 0 Å². The standard InChI is InChI=1S/C40H35NO/c1-31(32-19-7-2-8-20-32)42-41-39(33-21-9-3-10-22-33,34-23-11-4-12-24-34)37-29-17-18-30-38(37)40(41,35-25-13-5-14-26-35)36-27-15-6-16-28-36/h2-17,19-29,31H,18,30H2,1H3. The number of benzene rings is 5. The average Bonchev–Trinajstić information content (AvgIpc) is 3.34. The van der Waals surface area contributed by atoms with Gasteiger partial charge in [-0.1, -0.05) is 164 Å². The maximum Gasteiger partial charge on any atom is 0.123 e. The Kier molecular flexibility index (Phi) is 6.95. The molecule has 1 aliphatic heterocycles. The molecule has 2 aliphatic rings. The molecular formula is C40H35NO. The van der Waals surface area contributed by atoms with Gasteiger partial charge in [-0.3, -0.25) is 4.84 Å². The zero-order valence-electron chi connectivity index (χ0n) is 23.9. The highest BCUT2D eigenvalue weighted by Gasteiger charge is 2.63. The summed E-state index contributed by atoms with van der Waals surface area (Å²) in [6.07, 6.45) is 6.44.